The van der Waals surface area contributed by atoms with E-state index in [1.807, 2.05) is 35.2 Å². The highest BCUT2D eigenvalue weighted by atomic mass is 35.5. The molecule has 0 N–H and O–H groups in total. The van der Waals surface area contributed by atoms with Crippen LogP contribution in [0.15, 0.2) is 54.6 Å². The predicted octanol–water partition coefficient (Wildman–Crippen LogP) is 3.04. The minimum atomic E-state index is -0.267. The first-order chi connectivity index (χ1) is 13.1. The van der Waals surface area contributed by atoms with E-state index in [9.17, 15) is 9.59 Å². The molecule has 0 aromatic heterocycles. The number of nitrogens with zero attached hydrogens (tertiary/aromatic N) is 3. The summed E-state index contributed by atoms with van der Waals surface area (Å²) >= 11 is 5.92. The summed E-state index contributed by atoms with van der Waals surface area (Å²) in [6, 6.07) is 17.4. The van der Waals surface area contributed by atoms with Gasteiger partial charge in [0.15, 0.2) is 0 Å². The molecule has 4 rings (SSSR count). The van der Waals surface area contributed by atoms with Gasteiger partial charge in [-0.25, -0.2) is 0 Å². The molecule has 2 aliphatic heterocycles. The normalized spacial score (nSPS) is 20.3. The molecule has 0 saturated carbocycles. The summed E-state index contributed by atoms with van der Waals surface area (Å²) in [5.74, 6) is -0.178. The number of amides is 2. The molecule has 5 nitrogen and oxygen atoms in total. The van der Waals surface area contributed by atoms with Crippen molar-refractivity contribution in [2.45, 2.75) is 6.42 Å². The third kappa shape index (κ3) is 3.78. The van der Waals surface area contributed by atoms with Gasteiger partial charge in [-0.1, -0.05) is 29.8 Å². The van der Waals surface area contributed by atoms with Gasteiger partial charge in [0.25, 0.3) is 0 Å². The second-order valence-corrected chi connectivity index (χ2v) is 7.47. The van der Waals surface area contributed by atoms with Crippen molar-refractivity contribution < 1.29 is 9.59 Å². The standard InChI is InChI=1S/C21H22ClN3O2/c22-17-6-8-19(9-7-17)25-15-16(14-20(25)26)21(27)24-12-10-23(11-13-24)18-4-2-1-3-5-18/h1-9,16H,10-15H2/t16-/m1/s1. The molecule has 140 valence electrons. The van der Waals surface area contributed by atoms with Crippen LogP contribution in [0.3, 0.4) is 0 Å². The Balaban J connectivity index is 1.36. The van der Waals surface area contributed by atoms with Gasteiger partial charge in [0.05, 0.1) is 5.92 Å². The third-order valence-electron chi connectivity index (χ3n) is 5.33. The van der Waals surface area contributed by atoms with Crippen molar-refractivity contribution in [1.29, 1.82) is 0 Å². The highest BCUT2D eigenvalue weighted by molar-refractivity contribution is 6.30. The monoisotopic (exact) mass is 383 g/mol. The smallest absolute Gasteiger partial charge is 0.228 e. The maximum absolute atomic E-state index is 12.9. The Morgan fingerprint density at radius 2 is 1.56 bits per heavy atom. The van der Waals surface area contributed by atoms with Crippen LogP contribution in [0, 0.1) is 5.92 Å². The Labute approximate surface area is 164 Å². The van der Waals surface area contributed by atoms with Crippen molar-refractivity contribution >= 4 is 34.8 Å². The molecular weight excluding hydrogens is 362 g/mol. The molecule has 2 aromatic carbocycles. The number of anilines is 2. The molecule has 0 unspecified atom stereocenters. The van der Waals surface area contributed by atoms with Gasteiger partial charge in [0, 0.05) is 55.5 Å². The van der Waals surface area contributed by atoms with Crippen LogP contribution in [-0.4, -0.2) is 49.4 Å². The molecule has 2 heterocycles. The number of piperazine rings is 1. The van der Waals surface area contributed by atoms with E-state index >= 15 is 0 Å². The highest BCUT2D eigenvalue weighted by Gasteiger charge is 2.37. The molecule has 0 aliphatic carbocycles. The number of para-hydroxylation sites is 1. The maximum atomic E-state index is 12.9. The molecule has 27 heavy (non-hydrogen) atoms. The van der Waals surface area contributed by atoms with E-state index in [1.165, 1.54) is 5.69 Å². The molecule has 2 fully saturated rings. The van der Waals surface area contributed by atoms with Gasteiger partial charge in [0.2, 0.25) is 11.8 Å². The molecule has 2 aromatic rings. The Morgan fingerprint density at radius 3 is 2.22 bits per heavy atom. The first-order valence-electron chi connectivity index (χ1n) is 9.26. The fraction of sp³-hybridized carbons (Fsp3) is 0.333. The Morgan fingerprint density at radius 1 is 0.889 bits per heavy atom. The van der Waals surface area contributed by atoms with Gasteiger partial charge < -0.3 is 14.7 Å². The number of hydrogen-bond donors (Lipinski definition) is 0. The highest BCUT2D eigenvalue weighted by Crippen LogP contribution is 2.28. The zero-order valence-electron chi connectivity index (χ0n) is 15.1. The van der Waals surface area contributed by atoms with E-state index < -0.39 is 0 Å². The maximum Gasteiger partial charge on any atom is 0.228 e. The Hall–Kier alpha value is -2.53. The van der Waals surface area contributed by atoms with E-state index in [2.05, 4.69) is 17.0 Å². The van der Waals surface area contributed by atoms with Crippen LogP contribution in [-0.2, 0) is 9.59 Å². The van der Waals surface area contributed by atoms with Crippen molar-refractivity contribution in [2.24, 2.45) is 5.92 Å². The lowest BCUT2D eigenvalue weighted by atomic mass is 10.1. The van der Waals surface area contributed by atoms with Crippen LogP contribution in [0.1, 0.15) is 6.42 Å². The summed E-state index contributed by atoms with van der Waals surface area (Å²) in [6.45, 7) is 3.46. The topological polar surface area (TPSA) is 43.9 Å². The Kier molecular flexibility index (Phi) is 5.03. The minimum Gasteiger partial charge on any atom is -0.368 e. The van der Waals surface area contributed by atoms with Crippen molar-refractivity contribution in [3.63, 3.8) is 0 Å². The van der Waals surface area contributed by atoms with Crippen molar-refractivity contribution in [2.75, 3.05) is 42.5 Å². The number of carbonyl (C=O) groups is 2. The molecule has 2 aliphatic rings. The van der Waals surface area contributed by atoms with Crippen LogP contribution in [0.25, 0.3) is 0 Å². The molecule has 6 heteroatoms. The molecule has 2 saturated heterocycles. The third-order valence-corrected chi connectivity index (χ3v) is 5.58. The zero-order chi connectivity index (χ0) is 18.8. The lowest BCUT2D eigenvalue weighted by Gasteiger charge is -2.37. The number of benzene rings is 2. The van der Waals surface area contributed by atoms with Crippen LogP contribution in [0.2, 0.25) is 5.02 Å². The van der Waals surface area contributed by atoms with Gasteiger partial charge in [-0.2, -0.15) is 0 Å². The molecule has 0 bridgehead atoms. The van der Waals surface area contributed by atoms with Gasteiger partial charge in [-0.05, 0) is 36.4 Å². The van der Waals surface area contributed by atoms with Gasteiger partial charge in [-0.15, -0.1) is 0 Å². The van der Waals surface area contributed by atoms with Crippen LogP contribution in [0.4, 0.5) is 11.4 Å². The van der Waals surface area contributed by atoms with Crippen LogP contribution < -0.4 is 9.80 Å². The summed E-state index contributed by atoms with van der Waals surface area (Å²) < 4.78 is 0. The van der Waals surface area contributed by atoms with E-state index in [-0.39, 0.29) is 24.2 Å². The second-order valence-electron chi connectivity index (χ2n) is 7.03. The summed E-state index contributed by atoms with van der Waals surface area (Å²) in [6.07, 6.45) is 0.278. The fourth-order valence-electron chi connectivity index (χ4n) is 3.83. The number of hydrogen-bond acceptors (Lipinski definition) is 3. The summed E-state index contributed by atoms with van der Waals surface area (Å²) in [7, 11) is 0. The lowest BCUT2D eigenvalue weighted by molar-refractivity contribution is -0.136. The lowest BCUT2D eigenvalue weighted by Crippen LogP contribution is -2.50. The summed E-state index contributed by atoms with van der Waals surface area (Å²) in [5.41, 5.74) is 1.99. The van der Waals surface area contributed by atoms with E-state index in [0.717, 1.165) is 18.8 Å². The number of rotatable bonds is 3. The molecule has 1 atom stereocenters. The average Bonchev–Trinajstić information content (AvgIpc) is 3.10. The first kappa shape index (κ1) is 17.9. The number of carbonyl (C=O) groups excluding carboxylic acids is 2. The molecule has 0 radical (unpaired) electrons. The predicted molar refractivity (Wildman–Crippen MR) is 107 cm³/mol. The van der Waals surface area contributed by atoms with Crippen LogP contribution in [0.5, 0.6) is 0 Å². The molecule has 0 spiro atoms. The van der Waals surface area contributed by atoms with Crippen molar-refractivity contribution in [1.82, 2.24) is 4.90 Å². The number of halogens is 1. The van der Waals surface area contributed by atoms with Gasteiger partial charge in [0.1, 0.15) is 0 Å². The molecule has 2 amide bonds. The van der Waals surface area contributed by atoms with E-state index in [0.29, 0.717) is 24.7 Å². The van der Waals surface area contributed by atoms with Crippen molar-refractivity contribution in [3.8, 4) is 0 Å². The summed E-state index contributed by atoms with van der Waals surface area (Å²) in [4.78, 5) is 31.2. The summed E-state index contributed by atoms with van der Waals surface area (Å²) in [5, 5.41) is 0.634. The fourth-order valence-corrected chi connectivity index (χ4v) is 3.95. The second kappa shape index (κ2) is 7.61. The van der Waals surface area contributed by atoms with E-state index in [1.54, 1.807) is 17.0 Å². The quantitative estimate of drug-likeness (QED) is 0.818. The average molecular weight is 384 g/mol. The first-order valence-corrected chi connectivity index (χ1v) is 9.64. The zero-order valence-corrected chi connectivity index (χ0v) is 15.8. The van der Waals surface area contributed by atoms with Crippen molar-refractivity contribution in [3.05, 3.63) is 59.6 Å². The van der Waals surface area contributed by atoms with Crippen LogP contribution >= 0.6 is 11.6 Å². The van der Waals surface area contributed by atoms with Gasteiger partial charge in [-0.3, -0.25) is 9.59 Å². The van der Waals surface area contributed by atoms with E-state index in [4.69, 9.17) is 11.6 Å². The molecular formula is C21H22ClN3O2. The Bertz CT molecular complexity index is 817. The van der Waals surface area contributed by atoms with Gasteiger partial charge >= 0.3 is 0 Å². The minimum absolute atomic E-state index is 0.00130. The SMILES string of the molecule is O=C([C@@H]1CC(=O)N(c2ccc(Cl)cc2)C1)N1CCN(c2ccccc2)CC1. The largest absolute Gasteiger partial charge is 0.368 e.